The molecule has 1 fully saturated rings. The van der Waals surface area contributed by atoms with Crippen LogP contribution in [0.25, 0.3) is 0 Å². The monoisotopic (exact) mass is 310 g/mol. The van der Waals surface area contributed by atoms with Crippen molar-refractivity contribution in [3.05, 3.63) is 18.2 Å². The Kier molecular flexibility index (Phi) is 3.32. The maximum atomic E-state index is 12.2. The van der Waals surface area contributed by atoms with Gasteiger partial charge < -0.3 is 15.0 Å². The molecule has 1 saturated heterocycles. The Balaban J connectivity index is 2.02. The molecule has 1 N–H and O–H groups in total. The number of ether oxygens (including phenoxy) is 1. The van der Waals surface area contributed by atoms with Crippen LogP contribution in [0.2, 0.25) is 0 Å². The van der Waals surface area contributed by atoms with Gasteiger partial charge in [-0.25, -0.2) is 8.42 Å². The molecule has 1 aromatic rings. The number of rotatable bonds is 2. The number of anilines is 2. The summed E-state index contributed by atoms with van der Waals surface area (Å²) in [6.07, 6.45) is -0.00661. The van der Waals surface area contributed by atoms with E-state index < -0.39 is 15.9 Å². The third kappa shape index (κ3) is 2.57. The zero-order chi connectivity index (χ0) is 15.2. The fourth-order valence-corrected chi connectivity index (χ4v) is 4.21. The second kappa shape index (κ2) is 4.91. The lowest BCUT2D eigenvalue weighted by Crippen LogP contribution is -2.56. The lowest BCUT2D eigenvalue weighted by Gasteiger charge is -2.41. The molecule has 0 aliphatic carbocycles. The predicted octanol–water partition coefficient (Wildman–Crippen LogP) is 1.03. The van der Waals surface area contributed by atoms with E-state index in [1.807, 2.05) is 30.9 Å². The molecule has 2 aliphatic heterocycles. The van der Waals surface area contributed by atoms with Crippen LogP contribution in [0.4, 0.5) is 11.4 Å². The van der Waals surface area contributed by atoms with Crippen LogP contribution in [0.5, 0.6) is 5.75 Å². The van der Waals surface area contributed by atoms with Crippen molar-refractivity contribution in [2.45, 2.75) is 26.0 Å². The number of benzene rings is 1. The van der Waals surface area contributed by atoms with Crippen LogP contribution >= 0.6 is 0 Å². The molecule has 1 unspecified atom stereocenters. The van der Waals surface area contributed by atoms with E-state index in [4.69, 9.17) is 4.74 Å². The molecule has 7 heteroatoms. The zero-order valence-corrected chi connectivity index (χ0v) is 12.8. The Labute approximate surface area is 124 Å². The Morgan fingerprint density at radius 1 is 1.38 bits per heavy atom. The second-order valence-electron chi connectivity index (χ2n) is 5.63. The average molecular weight is 310 g/mol. The molecular formula is C14H18N2O4S. The molecular weight excluding hydrogens is 292 g/mol. The molecule has 6 nitrogen and oxygen atoms in total. The second-order valence-corrected chi connectivity index (χ2v) is 7.86. The minimum atomic E-state index is -3.15. The van der Waals surface area contributed by atoms with E-state index in [1.165, 1.54) is 0 Å². The normalized spacial score (nSPS) is 23.3. The predicted molar refractivity (Wildman–Crippen MR) is 80.6 cm³/mol. The summed E-state index contributed by atoms with van der Waals surface area (Å²) >= 11 is 0. The quantitative estimate of drug-likeness (QED) is 0.883. The van der Waals surface area contributed by atoms with E-state index >= 15 is 0 Å². The highest BCUT2D eigenvalue weighted by Crippen LogP contribution is 2.40. The number of nitrogens with one attached hydrogen (secondary N) is 1. The molecule has 1 atom stereocenters. The van der Waals surface area contributed by atoms with Gasteiger partial charge >= 0.3 is 0 Å². The molecule has 0 aromatic heterocycles. The molecule has 2 heterocycles. The summed E-state index contributed by atoms with van der Waals surface area (Å²) < 4.78 is 29.2. The summed E-state index contributed by atoms with van der Waals surface area (Å²) in [6.45, 7) is 4.17. The molecule has 2 aliphatic rings. The maximum Gasteiger partial charge on any atom is 0.248 e. The first kappa shape index (κ1) is 14.2. The fraction of sp³-hybridized carbons (Fsp3) is 0.500. The van der Waals surface area contributed by atoms with Crippen molar-refractivity contribution in [1.82, 2.24) is 0 Å². The van der Waals surface area contributed by atoms with Gasteiger partial charge in [0.25, 0.3) is 0 Å². The van der Waals surface area contributed by atoms with Crippen molar-refractivity contribution in [2.24, 2.45) is 0 Å². The fourth-order valence-electron chi connectivity index (χ4n) is 2.76. The van der Waals surface area contributed by atoms with Gasteiger partial charge in [-0.05, 0) is 26.0 Å². The highest BCUT2D eigenvalue weighted by Gasteiger charge is 2.40. The van der Waals surface area contributed by atoms with Gasteiger partial charge in [0.05, 0.1) is 23.3 Å². The van der Waals surface area contributed by atoms with Crippen molar-refractivity contribution >= 4 is 27.1 Å². The molecule has 114 valence electrons. The van der Waals surface area contributed by atoms with Crippen LogP contribution in [0.3, 0.4) is 0 Å². The van der Waals surface area contributed by atoms with Crippen LogP contribution in [0.15, 0.2) is 18.2 Å². The standard InChI is InChI=1S/C14H18N2O4S/c1-9(2)20-12-5-3-4-10-13(12)15-14(17)11-8-21(18,19)7-6-16(10)11/h3-5,9,11H,6-8H2,1-2H3,(H,15,17). The van der Waals surface area contributed by atoms with Crippen LogP contribution in [0, 0.1) is 0 Å². The minimum absolute atomic E-state index is 0.00661. The topological polar surface area (TPSA) is 75.7 Å². The summed E-state index contributed by atoms with van der Waals surface area (Å²) in [6, 6.07) is 4.90. The third-order valence-electron chi connectivity index (χ3n) is 3.66. The van der Waals surface area contributed by atoms with E-state index in [1.54, 1.807) is 6.07 Å². The van der Waals surface area contributed by atoms with Crippen molar-refractivity contribution < 1.29 is 17.9 Å². The van der Waals surface area contributed by atoms with Crippen LogP contribution in [-0.2, 0) is 14.6 Å². The Morgan fingerprint density at radius 2 is 2.14 bits per heavy atom. The Morgan fingerprint density at radius 3 is 2.86 bits per heavy atom. The number of amides is 1. The molecule has 1 aromatic carbocycles. The van der Waals surface area contributed by atoms with Gasteiger partial charge in [0.2, 0.25) is 5.91 Å². The number of hydrogen-bond donors (Lipinski definition) is 1. The molecule has 1 amide bonds. The van der Waals surface area contributed by atoms with E-state index in [-0.39, 0.29) is 23.5 Å². The summed E-state index contributed by atoms with van der Waals surface area (Å²) in [5, 5.41) is 2.80. The van der Waals surface area contributed by atoms with Gasteiger partial charge in [-0.15, -0.1) is 0 Å². The number of nitrogens with zero attached hydrogens (tertiary/aromatic N) is 1. The van der Waals surface area contributed by atoms with Gasteiger partial charge in [0, 0.05) is 6.54 Å². The molecule has 21 heavy (non-hydrogen) atoms. The zero-order valence-electron chi connectivity index (χ0n) is 12.0. The summed E-state index contributed by atoms with van der Waals surface area (Å²) in [7, 11) is -3.15. The van der Waals surface area contributed by atoms with Crippen molar-refractivity contribution in [2.75, 3.05) is 28.3 Å². The first-order valence-corrected chi connectivity index (χ1v) is 8.77. The largest absolute Gasteiger partial charge is 0.489 e. The Hall–Kier alpha value is -1.76. The van der Waals surface area contributed by atoms with Gasteiger partial charge in [0.15, 0.2) is 9.84 Å². The number of sulfone groups is 1. The summed E-state index contributed by atoms with van der Waals surface area (Å²) in [4.78, 5) is 14.1. The Bertz CT molecular complexity index is 684. The van der Waals surface area contributed by atoms with Crippen molar-refractivity contribution in [3.63, 3.8) is 0 Å². The molecule has 0 bridgehead atoms. The number of hydrogen-bond acceptors (Lipinski definition) is 5. The van der Waals surface area contributed by atoms with Gasteiger partial charge in [-0.1, -0.05) is 6.07 Å². The van der Waals surface area contributed by atoms with E-state index in [2.05, 4.69) is 5.32 Å². The van der Waals surface area contributed by atoms with Crippen LogP contribution < -0.4 is 15.0 Å². The first-order chi connectivity index (χ1) is 9.87. The van der Waals surface area contributed by atoms with Gasteiger partial charge in [-0.3, -0.25) is 4.79 Å². The van der Waals surface area contributed by atoms with Crippen molar-refractivity contribution in [1.29, 1.82) is 0 Å². The maximum absolute atomic E-state index is 12.2. The lowest BCUT2D eigenvalue weighted by atomic mass is 10.1. The van der Waals surface area contributed by atoms with E-state index in [0.29, 0.717) is 18.0 Å². The highest BCUT2D eigenvalue weighted by molar-refractivity contribution is 7.91. The van der Waals surface area contributed by atoms with Gasteiger partial charge in [0.1, 0.15) is 17.5 Å². The molecule has 0 saturated carbocycles. The van der Waals surface area contributed by atoms with Crippen LogP contribution in [-0.4, -0.2) is 44.5 Å². The first-order valence-electron chi connectivity index (χ1n) is 6.95. The van der Waals surface area contributed by atoms with E-state index in [0.717, 1.165) is 5.69 Å². The van der Waals surface area contributed by atoms with Crippen LogP contribution in [0.1, 0.15) is 13.8 Å². The molecule has 0 radical (unpaired) electrons. The van der Waals surface area contributed by atoms with E-state index in [9.17, 15) is 13.2 Å². The molecule has 0 spiro atoms. The highest BCUT2D eigenvalue weighted by atomic mass is 32.2. The number of carbonyl (C=O) groups excluding carboxylic acids is 1. The number of carbonyl (C=O) groups is 1. The third-order valence-corrected chi connectivity index (χ3v) is 5.29. The smallest absolute Gasteiger partial charge is 0.248 e. The SMILES string of the molecule is CC(C)Oc1cccc2c1NC(=O)C1CS(=O)(=O)CCN21. The molecule has 3 rings (SSSR count). The number of para-hydroxylation sites is 1. The average Bonchev–Trinajstić information content (AvgIpc) is 2.39. The lowest BCUT2D eigenvalue weighted by molar-refractivity contribution is -0.117. The summed E-state index contributed by atoms with van der Waals surface area (Å²) in [5.74, 6) is 0.271. The minimum Gasteiger partial charge on any atom is -0.489 e. The van der Waals surface area contributed by atoms with Crippen molar-refractivity contribution in [3.8, 4) is 5.75 Å². The number of fused-ring (bicyclic) bond motifs is 3. The van der Waals surface area contributed by atoms with Gasteiger partial charge in [-0.2, -0.15) is 0 Å². The summed E-state index contributed by atoms with van der Waals surface area (Å²) in [5.41, 5.74) is 1.46.